The largest absolute Gasteiger partial charge is 0.143 e. The molecule has 0 nitrogen and oxygen atoms in total. The Morgan fingerprint density at radius 1 is 0.157 bits per heavy atom. The molecule has 0 amide bonds. The van der Waals surface area contributed by atoms with E-state index in [1.54, 1.807) is 22.7 Å². The van der Waals surface area contributed by atoms with Gasteiger partial charge in [0, 0.05) is 48.8 Å². The van der Waals surface area contributed by atoms with Gasteiger partial charge in [0.2, 0.25) is 0 Å². The molecule has 0 bridgehead atoms. The van der Waals surface area contributed by atoms with Gasteiger partial charge in [0.25, 0.3) is 0 Å². The average molecular weight is 1000 g/mol. The van der Waals surface area contributed by atoms with Gasteiger partial charge in [-0.2, -0.15) is 0 Å². The van der Waals surface area contributed by atoms with Crippen LogP contribution in [0, 0.1) is 0 Å². The fourth-order valence-electron chi connectivity index (χ4n) is 9.27. The molecule has 70 heavy (non-hydrogen) atoms. The Labute approximate surface area is 429 Å². The molecule has 6 heteroatoms. The van der Waals surface area contributed by atoms with Crippen LogP contribution in [0.2, 0.25) is 0 Å². The second-order valence-corrected chi connectivity index (χ2v) is 23.5. The molecule has 0 unspecified atom stereocenters. The van der Waals surface area contributed by atoms with Crippen molar-refractivity contribution in [1.29, 1.82) is 0 Å². The Hall–Kier alpha value is -7.00. The molecule has 0 aliphatic heterocycles. The molecule has 6 heterocycles. The average Bonchev–Trinajstić information content (AvgIpc) is 4.26. The van der Waals surface area contributed by atoms with E-state index >= 15 is 0 Å². The topological polar surface area (TPSA) is 0 Å². The third kappa shape index (κ3) is 8.69. The standard InChI is InChI=1S/C24H14S6.C22H14.C18H12/c1-3-15(25-13-1)17-5-7-19(27-17)21-9-11-23(29-21)24-12-10-22(30-24)20-8-6-18(28-20)16-4-2-14-26-16;1-2-6-16-10-20-14-22-12-18-8-4-3-7-17(18)11-21(22)13-19(20)9-15(16)5-1;1-2-6-14-10-18-12-16-8-4-3-7-15(16)11-17(18)9-13(14)5-1/h1-14H;1-14H;1-12H. The van der Waals surface area contributed by atoms with Gasteiger partial charge in [-0.05, 0) is 207 Å². The third-order valence-corrected chi connectivity index (χ3v) is 19.8. The monoisotopic (exact) mass is 1000 g/mol. The maximum absolute atomic E-state index is 2.31. The summed E-state index contributed by atoms with van der Waals surface area (Å²) < 4.78 is 0. The van der Waals surface area contributed by atoms with Crippen molar-refractivity contribution in [3.63, 3.8) is 0 Å². The van der Waals surface area contributed by atoms with E-state index in [-0.39, 0.29) is 0 Å². The Morgan fingerprint density at radius 2 is 0.343 bits per heavy atom. The van der Waals surface area contributed by atoms with Crippen LogP contribution in [0.15, 0.2) is 241 Å². The molecule has 9 aromatic carbocycles. The molecule has 0 saturated carbocycles. The second-order valence-electron chi connectivity index (χ2n) is 17.3. The summed E-state index contributed by atoms with van der Waals surface area (Å²) in [5.74, 6) is 0. The first-order valence-corrected chi connectivity index (χ1v) is 28.2. The molecule has 15 rings (SSSR count). The van der Waals surface area contributed by atoms with E-state index in [9.17, 15) is 0 Å². The van der Waals surface area contributed by atoms with E-state index in [0.29, 0.717) is 0 Å². The van der Waals surface area contributed by atoms with Crippen LogP contribution in [0.5, 0.6) is 0 Å². The van der Waals surface area contributed by atoms with Crippen molar-refractivity contribution in [2.75, 3.05) is 0 Å². The van der Waals surface area contributed by atoms with Crippen LogP contribution in [0.1, 0.15) is 0 Å². The smallest absolute Gasteiger partial charge is 0.0449 e. The van der Waals surface area contributed by atoms with Crippen molar-refractivity contribution >= 4 is 143 Å². The summed E-state index contributed by atoms with van der Waals surface area (Å²) in [6.07, 6.45) is 0. The SMILES string of the molecule is c1ccc2cc3cc4cc5ccccc5cc4cc3cc2c1.c1ccc2cc3cc4ccccc4cc3cc2c1.c1csc(-c2ccc(-c3ccc(-c4ccc(-c5ccc(-c6cccs6)s5)s4)s3)s2)c1. The minimum atomic E-state index is 1.30. The minimum absolute atomic E-state index is 1.30. The van der Waals surface area contributed by atoms with Crippen molar-refractivity contribution in [2.24, 2.45) is 0 Å². The highest BCUT2D eigenvalue weighted by Gasteiger charge is 2.13. The first kappa shape index (κ1) is 43.1. The highest BCUT2D eigenvalue weighted by atomic mass is 32.1. The highest BCUT2D eigenvalue weighted by molar-refractivity contribution is 7.30. The Kier molecular flexibility index (Phi) is 11.5. The van der Waals surface area contributed by atoms with Gasteiger partial charge in [-0.3, -0.25) is 0 Å². The van der Waals surface area contributed by atoms with Crippen LogP contribution < -0.4 is 0 Å². The summed E-state index contributed by atoms with van der Waals surface area (Å²) in [4.78, 5) is 13.5. The molecule has 0 radical (unpaired) electrons. The molecule has 15 aromatic rings. The zero-order valence-corrected chi connectivity index (χ0v) is 42.4. The first-order chi connectivity index (χ1) is 34.6. The molecule has 0 saturated heterocycles. The molecular formula is C64H40S6. The van der Waals surface area contributed by atoms with Crippen LogP contribution in [0.3, 0.4) is 0 Å². The predicted molar refractivity (Wildman–Crippen MR) is 316 cm³/mol. The molecule has 6 aromatic heterocycles. The summed E-state index contributed by atoms with van der Waals surface area (Å²) in [5.41, 5.74) is 0. The van der Waals surface area contributed by atoms with Crippen molar-refractivity contribution in [2.45, 2.75) is 0 Å². The first-order valence-electron chi connectivity index (χ1n) is 23.1. The molecule has 0 spiro atoms. The van der Waals surface area contributed by atoms with Crippen LogP contribution in [0.4, 0.5) is 0 Å². The molecule has 332 valence electrons. The maximum atomic E-state index is 2.31. The van der Waals surface area contributed by atoms with Gasteiger partial charge >= 0.3 is 0 Å². The summed E-state index contributed by atoms with van der Waals surface area (Å²) >= 11 is 11.2. The normalized spacial score (nSPS) is 11.4. The van der Waals surface area contributed by atoms with E-state index in [1.165, 1.54) is 124 Å². The van der Waals surface area contributed by atoms with Gasteiger partial charge in [0.05, 0.1) is 0 Å². The fraction of sp³-hybridized carbons (Fsp3) is 0. The van der Waals surface area contributed by atoms with Crippen molar-refractivity contribution in [3.05, 3.63) is 241 Å². The number of rotatable bonds is 5. The predicted octanol–water partition coefficient (Wildman–Crippen LogP) is 21.8. The van der Waals surface area contributed by atoms with Gasteiger partial charge in [0.15, 0.2) is 0 Å². The quantitative estimate of drug-likeness (QED) is 0.151. The van der Waals surface area contributed by atoms with Crippen molar-refractivity contribution < 1.29 is 0 Å². The Bertz CT molecular complexity index is 3870. The lowest BCUT2D eigenvalue weighted by atomic mass is 9.97. The fourth-order valence-corrected chi connectivity index (χ4v) is 15.2. The van der Waals surface area contributed by atoms with Crippen LogP contribution in [-0.4, -0.2) is 0 Å². The number of hydrogen-bond acceptors (Lipinski definition) is 6. The summed E-state index contributed by atoms with van der Waals surface area (Å²) in [7, 11) is 0. The molecule has 0 atom stereocenters. The molecule has 0 aliphatic rings. The summed E-state index contributed by atoms with van der Waals surface area (Å²) in [6, 6.07) is 83.8. The van der Waals surface area contributed by atoms with E-state index in [4.69, 9.17) is 0 Å². The minimum Gasteiger partial charge on any atom is -0.143 e. The molecular weight excluding hydrogens is 961 g/mol. The highest BCUT2D eigenvalue weighted by Crippen LogP contribution is 2.45. The zero-order chi connectivity index (χ0) is 46.4. The van der Waals surface area contributed by atoms with E-state index in [1.807, 2.05) is 45.3 Å². The van der Waals surface area contributed by atoms with Gasteiger partial charge in [0.1, 0.15) is 0 Å². The van der Waals surface area contributed by atoms with Crippen molar-refractivity contribution in [3.8, 4) is 48.8 Å². The second kappa shape index (κ2) is 18.7. The van der Waals surface area contributed by atoms with Crippen molar-refractivity contribution in [1.82, 2.24) is 0 Å². The summed E-state index contributed by atoms with van der Waals surface area (Å²) in [5, 5.41) is 22.6. The Morgan fingerprint density at radius 3 is 0.529 bits per heavy atom. The number of benzene rings is 9. The summed E-state index contributed by atoms with van der Waals surface area (Å²) in [6.45, 7) is 0. The zero-order valence-electron chi connectivity index (χ0n) is 37.5. The van der Waals surface area contributed by atoms with E-state index in [2.05, 4.69) is 241 Å². The lowest BCUT2D eigenvalue weighted by molar-refractivity contribution is 1.77. The maximum Gasteiger partial charge on any atom is 0.0449 e. The van der Waals surface area contributed by atoms with E-state index in [0.717, 1.165) is 0 Å². The van der Waals surface area contributed by atoms with Crippen LogP contribution in [0.25, 0.3) is 124 Å². The van der Waals surface area contributed by atoms with Gasteiger partial charge in [-0.25, -0.2) is 0 Å². The molecule has 0 aliphatic carbocycles. The molecule has 0 fully saturated rings. The number of fused-ring (bicyclic) bond motifs is 7. The van der Waals surface area contributed by atoms with E-state index < -0.39 is 0 Å². The lowest BCUT2D eigenvalue weighted by Gasteiger charge is -2.07. The van der Waals surface area contributed by atoms with Gasteiger partial charge in [-0.1, -0.05) is 109 Å². The van der Waals surface area contributed by atoms with Crippen LogP contribution in [-0.2, 0) is 0 Å². The Balaban J connectivity index is 0.000000107. The van der Waals surface area contributed by atoms with Gasteiger partial charge in [-0.15, -0.1) is 68.0 Å². The van der Waals surface area contributed by atoms with Crippen LogP contribution >= 0.6 is 68.0 Å². The third-order valence-electron chi connectivity index (χ3n) is 12.8. The number of thiophene rings is 6. The molecule has 0 N–H and O–H groups in total. The number of hydrogen-bond donors (Lipinski definition) is 0. The van der Waals surface area contributed by atoms with Gasteiger partial charge < -0.3 is 0 Å². The lowest BCUT2D eigenvalue weighted by Crippen LogP contribution is -1.80.